The summed E-state index contributed by atoms with van der Waals surface area (Å²) in [7, 11) is 0. The molecular weight excluding hydrogens is 273 g/mol. The third-order valence-electron chi connectivity index (χ3n) is 3.22. The number of rotatable bonds is 4. The molecule has 7 heteroatoms. The van der Waals surface area contributed by atoms with Gasteiger partial charge in [0.2, 0.25) is 5.91 Å². The van der Waals surface area contributed by atoms with E-state index in [1.807, 2.05) is 0 Å². The molecule has 112 valence electrons. The number of amides is 1. The standard InChI is InChI=1S/C13H17F3N2O2/c14-13(15,16)9-18(8-10-4-3-7-20-10)12(19)11-5-1-2-6-17-11/h3-4,7,11,17H,1-2,5-6,8-9H2. The number of hydrogen-bond acceptors (Lipinski definition) is 3. The Bertz CT molecular complexity index is 425. The number of halogens is 3. The lowest BCUT2D eigenvalue weighted by Gasteiger charge is -2.30. The molecule has 2 heterocycles. The van der Waals surface area contributed by atoms with Crippen LogP contribution in [0.5, 0.6) is 0 Å². The predicted molar refractivity (Wildman–Crippen MR) is 65.8 cm³/mol. The largest absolute Gasteiger partial charge is 0.467 e. The number of carbonyl (C=O) groups is 1. The minimum atomic E-state index is -4.42. The second-order valence-electron chi connectivity index (χ2n) is 4.89. The van der Waals surface area contributed by atoms with Crippen LogP contribution < -0.4 is 5.32 Å². The van der Waals surface area contributed by atoms with Gasteiger partial charge in [-0.15, -0.1) is 0 Å². The molecular formula is C13H17F3N2O2. The molecule has 0 aliphatic carbocycles. The number of piperidine rings is 1. The first-order chi connectivity index (χ1) is 9.46. The van der Waals surface area contributed by atoms with Gasteiger partial charge in [-0.05, 0) is 31.5 Å². The van der Waals surface area contributed by atoms with Crippen LogP contribution in [0.1, 0.15) is 25.0 Å². The van der Waals surface area contributed by atoms with Crippen molar-refractivity contribution in [3.63, 3.8) is 0 Å². The van der Waals surface area contributed by atoms with E-state index in [4.69, 9.17) is 4.42 Å². The summed E-state index contributed by atoms with van der Waals surface area (Å²) >= 11 is 0. The molecule has 0 radical (unpaired) electrons. The topological polar surface area (TPSA) is 45.5 Å². The van der Waals surface area contributed by atoms with Crippen LogP contribution in [-0.4, -0.2) is 36.1 Å². The summed E-state index contributed by atoms with van der Waals surface area (Å²) in [5.74, 6) is -0.170. The zero-order valence-corrected chi connectivity index (χ0v) is 10.9. The average molecular weight is 290 g/mol. The van der Waals surface area contributed by atoms with Crippen molar-refractivity contribution in [2.45, 2.75) is 38.0 Å². The fourth-order valence-corrected chi connectivity index (χ4v) is 2.30. The van der Waals surface area contributed by atoms with Gasteiger partial charge >= 0.3 is 6.18 Å². The third kappa shape index (κ3) is 4.26. The Morgan fingerprint density at radius 2 is 2.25 bits per heavy atom. The summed E-state index contributed by atoms with van der Waals surface area (Å²) in [6, 6.07) is 2.62. The van der Waals surface area contributed by atoms with E-state index in [1.54, 1.807) is 12.1 Å². The number of carbonyl (C=O) groups excluding carboxylic acids is 1. The molecule has 1 aromatic heterocycles. The molecule has 1 atom stereocenters. The molecule has 20 heavy (non-hydrogen) atoms. The number of nitrogens with zero attached hydrogens (tertiary/aromatic N) is 1. The van der Waals surface area contributed by atoms with Gasteiger partial charge in [0, 0.05) is 0 Å². The van der Waals surface area contributed by atoms with Crippen molar-refractivity contribution in [2.75, 3.05) is 13.1 Å². The molecule has 0 saturated carbocycles. The van der Waals surface area contributed by atoms with E-state index in [2.05, 4.69) is 5.32 Å². The molecule has 1 fully saturated rings. The van der Waals surface area contributed by atoms with Gasteiger partial charge in [-0.2, -0.15) is 13.2 Å². The van der Waals surface area contributed by atoms with Gasteiger partial charge in [-0.25, -0.2) is 0 Å². The Morgan fingerprint density at radius 3 is 2.80 bits per heavy atom. The lowest BCUT2D eigenvalue weighted by molar-refractivity contribution is -0.164. The summed E-state index contributed by atoms with van der Waals surface area (Å²) in [6.07, 6.45) is -0.669. The van der Waals surface area contributed by atoms with Crippen molar-refractivity contribution in [1.82, 2.24) is 10.2 Å². The van der Waals surface area contributed by atoms with Crippen LogP contribution in [-0.2, 0) is 11.3 Å². The van der Waals surface area contributed by atoms with E-state index in [0.717, 1.165) is 17.7 Å². The minimum Gasteiger partial charge on any atom is -0.467 e. The van der Waals surface area contributed by atoms with E-state index in [1.165, 1.54) is 6.26 Å². The van der Waals surface area contributed by atoms with E-state index < -0.39 is 24.7 Å². The van der Waals surface area contributed by atoms with E-state index in [-0.39, 0.29) is 6.54 Å². The molecule has 1 aromatic rings. The fourth-order valence-electron chi connectivity index (χ4n) is 2.30. The maximum absolute atomic E-state index is 12.6. The first-order valence-electron chi connectivity index (χ1n) is 6.57. The van der Waals surface area contributed by atoms with Crippen molar-refractivity contribution >= 4 is 5.91 Å². The molecule has 1 aliphatic rings. The Balaban J connectivity index is 2.06. The molecule has 1 amide bonds. The van der Waals surface area contributed by atoms with Crippen LogP contribution in [0.15, 0.2) is 22.8 Å². The van der Waals surface area contributed by atoms with Crippen LogP contribution >= 0.6 is 0 Å². The summed E-state index contributed by atoms with van der Waals surface area (Å²) in [5, 5.41) is 2.98. The first-order valence-corrected chi connectivity index (χ1v) is 6.57. The lowest BCUT2D eigenvalue weighted by Crippen LogP contribution is -2.50. The zero-order chi connectivity index (χ0) is 14.6. The number of furan rings is 1. The normalized spacial score (nSPS) is 19.9. The third-order valence-corrected chi connectivity index (χ3v) is 3.22. The monoisotopic (exact) mass is 290 g/mol. The fraction of sp³-hybridized carbons (Fsp3) is 0.615. The van der Waals surface area contributed by atoms with Gasteiger partial charge in [0.1, 0.15) is 12.3 Å². The van der Waals surface area contributed by atoms with Crippen molar-refractivity contribution < 1.29 is 22.4 Å². The summed E-state index contributed by atoms with van der Waals surface area (Å²) < 4.78 is 42.9. The second kappa shape index (κ2) is 6.30. The quantitative estimate of drug-likeness (QED) is 0.925. The van der Waals surface area contributed by atoms with Gasteiger partial charge in [-0.1, -0.05) is 6.42 Å². The summed E-state index contributed by atoms with van der Waals surface area (Å²) in [6.45, 7) is -0.759. The number of hydrogen-bond donors (Lipinski definition) is 1. The Kier molecular flexibility index (Phi) is 4.69. The van der Waals surface area contributed by atoms with Gasteiger partial charge in [-0.3, -0.25) is 4.79 Å². The summed E-state index contributed by atoms with van der Waals surface area (Å²) in [4.78, 5) is 13.0. The Morgan fingerprint density at radius 1 is 1.45 bits per heavy atom. The molecule has 0 bridgehead atoms. The first kappa shape index (κ1) is 14.9. The van der Waals surface area contributed by atoms with Crippen LogP contribution in [0.25, 0.3) is 0 Å². The van der Waals surface area contributed by atoms with Crippen molar-refractivity contribution in [3.8, 4) is 0 Å². The van der Waals surface area contributed by atoms with E-state index >= 15 is 0 Å². The molecule has 0 spiro atoms. The van der Waals surface area contributed by atoms with Crippen LogP contribution in [0.2, 0.25) is 0 Å². The second-order valence-corrected chi connectivity index (χ2v) is 4.89. The zero-order valence-electron chi connectivity index (χ0n) is 10.9. The molecule has 1 N–H and O–H groups in total. The maximum atomic E-state index is 12.6. The lowest BCUT2D eigenvalue weighted by atomic mass is 10.0. The van der Waals surface area contributed by atoms with Crippen LogP contribution in [0.3, 0.4) is 0 Å². The van der Waals surface area contributed by atoms with Crippen LogP contribution in [0.4, 0.5) is 13.2 Å². The Labute approximate surface area is 114 Å². The SMILES string of the molecule is O=C(C1CCCCN1)N(Cc1ccco1)CC(F)(F)F. The highest BCUT2D eigenvalue weighted by atomic mass is 19.4. The van der Waals surface area contributed by atoms with Crippen molar-refractivity contribution in [1.29, 1.82) is 0 Å². The highest BCUT2D eigenvalue weighted by Gasteiger charge is 2.36. The predicted octanol–water partition coefficient (Wildman–Crippen LogP) is 2.31. The molecule has 1 saturated heterocycles. The molecule has 1 aliphatic heterocycles. The smallest absolute Gasteiger partial charge is 0.406 e. The van der Waals surface area contributed by atoms with Gasteiger partial charge < -0.3 is 14.6 Å². The highest BCUT2D eigenvalue weighted by molar-refractivity contribution is 5.82. The highest BCUT2D eigenvalue weighted by Crippen LogP contribution is 2.20. The maximum Gasteiger partial charge on any atom is 0.406 e. The molecule has 1 unspecified atom stereocenters. The van der Waals surface area contributed by atoms with Crippen molar-refractivity contribution in [2.24, 2.45) is 0 Å². The van der Waals surface area contributed by atoms with Gasteiger partial charge in [0.25, 0.3) is 0 Å². The molecule has 4 nitrogen and oxygen atoms in total. The Hall–Kier alpha value is -1.50. The van der Waals surface area contributed by atoms with Crippen molar-refractivity contribution in [3.05, 3.63) is 24.2 Å². The average Bonchev–Trinajstić information content (AvgIpc) is 2.89. The molecule has 0 aromatic carbocycles. The van der Waals surface area contributed by atoms with Gasteiger partial charge in [0.05, 0.1) is 18.8 Å². The minimum absolute atomic E-state index is 0.163. The van der Waals surface area contributed by atoms with E-state index in [0.29, 0.717) is 18.7 Å². The number of nitrogens with one attached hydrogen (secondary N) is 1. The van der Waals surface area contributed by atoms with E-state index in [9.17, 15) is 18.0 Å². The van der Waals surface area contributed by atoms with Crippen LogP contribution in [0, 0.1) is 0 Å². The summed E-state index contributed by atoms with van der Waals surface area (Å²) in [5.41, 5.74) is 0. The molecule has 2 rings (SSSR count). The van der Waals surface area contributed by atoms with Gasteiger partial charge in [0.15, 0.2) is 0 Å². The number of alkyl halides is 3.